The third-order valence-corrected chi connectivity index (χ3v) is 5.78. The van der Waals surface area contributed by atoms with Gasteiger partial charge in [0.1, 0.15) is 6.04 Å². The Morgan fingerprint density at radius 1 is 1.10 bits per heavy atom. The van der Waals surface area contributed by atoms with Crippen LogP contribution in [0.15, 0.2) is 0 Å². The van der Waals surface area contributed by atoms with Gasteiger partial charge in [0.25, 0.3) is 0 Å². The summed E-state index contributed by atoms with van der Waals surface area (Å²) in [5.41, 5.74) is 0. The zero-order valence-electron chi connectivity index (χ0n) is 12.5. The Hall–Kier alpha value is -0.610. The minimum Gasteiger partial charge on any atom is -0.480 e. The van der Waals surface area contributed by atoms with E-state index >= 15 is 0 Å². The number of nitrogens with zero attached hydrogens (tertiary/aromatic N) is 1. The van der Waals surface area contributed by atoms with Crippen molar-refractivity contribution in [1.29, 1.82) is 0 Å². The van der Waals surface area contributed by atoms with Crippen molar-refractivity contribution in [3.63, 3.8) is 0 Å². The molecule has 1 N–H and O–H groups in total. The van der Waals surface area contributed by atoms with Gasteiger partial charge in [-0.05, 0) is 50.9 Å². The van der Waals surface area contributed by atoms with Crippen LogP contribution in [0.5, 0.6) is 0 Å². The molecule has 5 atom stereocenters. The van der Waals surface area contributed by atoms with Crippen LogP contribution in [0, 0.1) is 5.92 Å². The first-order valence-corrected chi connectivity index (χ1v) is 8.23. The smallest absolute Gasteiger partial charge is 0.320 e. The number of carbonyl (C=O) groups is 1. The quantitative estimate of drug-likeness (QED) is 0.864. The zero-order chi connectivity index (χ0) is 14.1. The summed E-state index contributed by atoms with van der Waals surface area (Å²) in [7, 11) is 1.79. The van der Waals surface area contributed by atoms with E-state index in [1.165, 1.54) is 32.1 Å². The highest BCUT2D eigenvalue weighted by Gasteiger charge is 2.48. The van der Waals surface area contributed by atoms with Gasteiger partial charge in [0.05, 0.1) is 6.10 Å². The molecule has 3 rings (SSSR count). The first kappa shape index (κ1) is 14.3. The number of ether oxygens (including phenoxy) is 1. The van der Waals surface area contributed by atoms with Gasteiger partial charge in [-0.1, -0.05) is 12.8 Å². The molecule has 0 amide bonds. The minimum atomic E-state index is -0.612. The molecular formula is C16H27NO3. The summed E-state index contributed by atoms with van der Waals surface area (Å²) in [6.45, 7) is 0. The van der Waals surface area contributed by atoms with E-state index in [1.807, 2.05) is 0 Å². The summed E-state index contributed by atoms with van der Waals surface area (Å²) in [6.07, 6.45) is 10.6. The molecule has 1 saturated heterocycles. The summed E-state index contributed by atoms with van der Waals surface area (Å²) in [6, 6.07) is 0.692. The zero-order valence-corrected chi connectivity index (χ0v) is 12.5. The molecule has 3 aliphatic rings. The second-order valence-corrected chi connectivity index (χ2v) is 6.83. The molecule has 0 radical (unpaired) electrons. The second-order valence-electron chi connectivity index (χ2n) is 6.83. The predicted molar refractivity (Wildman–Crippen MR) is 76.7 cm³/mol. The van der Waals surface area contributed by atoms with Gasteiger partial charge in [0, 0.05) is 19.2 Å². The van der Waals surface area contributed by atoms with E-state index in [0.717, 1.165) is 25.7 Å². The van der Waals surface area contributed by atoms with E-state index < -0.39 is 5.97 Å². The van der Waals surface area contributed by atoms with E-state index in [1.54, 1.807) is 7.11 Å². The van der Waals surface area contributed by atoms with E-state index in [0.29, 0.717) is 24.1 Å². The van der Waals surface area contributed by atoms with Gasteiger partial charge in [-0.15, -0.1) is 0 Å². The number of likely N-dealkylation sites (tertiary alicyclic amines) is 1. The third kappa shape index (κ3) is 2.60. The molecule has 3 fully saturated rings. The number of methoxy groups -OCH3 is 1. The van der Waals surface area contributed by atoms with Crippen molar-refractivity contribution < 1.29 is 14.6 Å². The van der Waals surface area contributed by atoms with Crippen molar-refractivity contribution in [2.75, 3.05) is 7.11 Å². The molecule has 4 nitrogen and oxygen atoms in total. The van der Waals surface area contributed by atoms with Crippen molar-refractivity contribution in [2.24, 2.45) is 5.92 Å². The molecule has 0 aromatic rings. The lowest BCUT2D eigenvalue weighted by atomic mass is 9.83. The molecule has 2 aliphatic carbocycles. The van der Waals surface area contributed by atoms with Crippen LogP contribution in [-0.2, 0) is 9.53 Å². The highest BCUT2D eigenvalue weighted by atomic mass is 16.5. The van der Waals surface area contributed by atoms with E-state index in [4.69, 9.17) is 4.74 Å². The Kier molecular flexibility index (Phi) is 4.32. The summed E-state index contributed by atoms with van der Waals surface area (Å²) in [5.74, 6) is 0.00621. The van der Waals surface area contributed by atoms with Crippen LogP contribution < -0.4 is 0 Å². The number of carboxylic acid groups (broad SMARTS) is 1. The third-order valence-electron chi connectivity index (χ3n) is 5.78. The van der Waals surface area contributed by atoms with Crippen molar-refractivity contribution in [3.8, 4) is 0 Å². The van der Waals surface area contributed by atoms with Crippen LogP contribution in [0.25, 0.3) is 0 Å². The Labute approximate surface area is 121 Å². The van der Waals surface area contributed by atoms with Gasteiger partial charge >= 0.3 is 5.97 Å². The molecule has 2 saturated carbocycles. The van der Waals surface area contributed by atoms with Gasteiger partial charge < -0.3 is 9.84 Å². The first-order chi connectivity index (χ1) is 9.70. The van der Waals surface area contributed by atoms with Crippen molar-refractivity contribution >= 4 is 5.97 Å². The van der Waals surface area contributed by atoms with Crippen molar-refractivity contribution in [1.82, 2.24) is 4.90 Å². The molecule has 0 bridgehead atoms. The number of hydrogen-bond donors (Lipinski definition) is 1. The summed E-state index contributed by atoms with van der Waals surface area (Å²) >= 11 is 0. The number of hydrogen-bond acceptors (Lipinski definition) is 3. The topological polar surface area (TPSA) is 49.8 Å². The van der Waals surface area contributed by atoms with Crippen molar-refractivity contribution in [3.05, 3.63) is 0 Å². The van der Waals surface area contributed by atoms with Crippen LogP contribution in [-0.4, -0.2) is 47.3 Å². The highest BCUT2D eigenvalue weighted by Crippen LogP contribution is 2.43. The number of fused-ring (bicyclic) bond motifs is 1. The standard InChI is InChI=1S/C16H27NO3/c1-20-13-7-4-6-12(10-13)17-14-8-3-2-5-11(14)9-15(17)16(18)19/h11-15H,2-10H2,1H3,(H,18,19). The monoisotopic (exact) mass is 281 g/mol. The van der Waals surface area contributed by atoms with Gasteiger partial charge in [-0.2, -0.15) is 0 Å². The maximum absolute atomic E-state index is 11.7. The average molecular weight is 281 g/mol. The maximum atomic E-state index is 11.7. The van der Waals surface area contributed by atoms with E-state index in [-0.39, 0.29) is 6.04 Å². The number of aliphatic carboxylic acids is 1. The fraction of sp³-hybridized carbons (Fsp3) is 0.938. The van der Waals surface area contributed by atoms with Gasteiger partial charge in [-0.3, -0.25) is 9.69 Å². The van der Waals surface area contributed by atoms with Crippen LogP contribution in [0.3, 0.4) is 0 Å². The Bertz CT molecular complexity index is 360. The van der Waals surface area contributed by atoms with Crippen LogP contribution in [0.2, 0.25) is 0 Å². The molecule has 0 aromatic heterocycles. The Morgan fingerprint density at radius 2 is 1.90 bits per heavy atom. The maximum Gasteiger partial charge on any atom is 0.320 e. The fourth-order valence-corrected chi connectivity index (χ4v) is 4.85. The second kappa shape index (κ2) is 6.02. The molecule has 20 heavy (non-hydrogen) atoms. The molecule has 4 heteroatoms. The van der Waals surface area contributed by atoms with Crippen LogP contribution in [0.1, 0.15) is 57.8 Å². The molecule has 1 aliphatic heterocycles. The van der Waals surface area contributed by atoms with Gasteiger partial charge in [0.2, 0.25) is 0 Å². The Balaban J connectivity index is 1.78. The van der Waals surface area contributed by atoms with Crippen LogP contribution >= 0.6 is 0 Å². The largest absolute Gasteiger partial charge is 0.480 e. The molecule has 5 unspecified atom stereocenters. The molecule has 1 heterocycles. The fourth-order valence-electron chi connectivity index (χ4n) is 4.85. The summed E-state index contributed by atoms with van der Waals surface area (Å²) in [4.78, 5) is 14.1. The molecule has 114 valence electrons. The van der Waals surface area contributed by atoms with Gasteiger partial charge in [0.15, 0.2) is 0 Å². The molecule has 0 spiro atoms. The van der Waals surface area contributed by atoms with Crippen LogP contribution in [0.4, 0.5) is 0 Å². The molecule has 0 aromatic carbocycles. The number of carboxylic acids is 1. The predicted octanol–water partition coefficient (Wildman–Crippen LogP) is 2.66. The SMILES string of the molecule is COC1CCCC(N2C(C(=O)O)CC3CCCCC32)C1. The first-order valence-electron chi connectivity index (χ1n) is 8.23. The lowest BCUT2D eigenvalue weighted by Crippen LogP contribution is -2.50. The van der Waals surface area contributed by atoms with E-state index in [9.17, 15) is 9.90 Å². The minimum absolute atomic E-state index is 0.247. The molecular weight excluding hydrogens is 254 g/mol. The average Bonchev–Trinajstić information content (AvgIpc) is 2.87. The van der Waals surface area contributed by atoms with Gasteiger partial charge in [-0.25, -0.2) is 0 Å². The highest BCUT2D eigenvalue weighted by molar-refractivity contribution is 5.74. The van der Waals surface area contributed by atoms with Crippen molar-refractivity contribution in [2.45, 2.75) is 82.0 Å². The normalized spacial score (nSPS) is 42.4. The summed E-state index contributed by atoms with van der Waals surface area (Å²) in [5, 5.41) is 9.61. The Morgan fingerprint density at radius 3 is 2.65 bits per heavy atom. The lowest BCUT2D eigenvalue weighted by Gasteiger charge is -2.42. The summed E-state index contributed by atoms with van der Waals surface area (Å²) < 4.78 is 5.54. The van der Waals surface area contributed by atoms with E-state index in [2.05, 4.69) is 4.90 Å². The number of rotatable bonds is 3. The lowest BCUT2D eigenvalue weighted by molar-refractivity contribution is -0.144.